The quantitative estimate of drug-likeness (QED) is 0.624. The number of piperidine rings is 1. The number of anilines is 1. The van der Waals surface area contributed by atoms with Crippen LogP contribution in [0, 0.1) is 11.8 Å². The molecule has 0 bridgehead atoms. The minimum Gasteiger partial charge on any atom is -0.392 e. The molecule has 0 saturated carbocycles. The van der Waals surface area contributed by atoms with E-state index >= 15 is 0 Å². The van der Waals surface area contributed by atoms with Crippen molar-refractivity contribution in [3.8, 4) is 11.4 Å². The van der Waals surface area contributed by atoms with Crippen LogP contribution in [0.1, 0.15) is 35.1 Å². The van der Waals surface area contributed by atoms with Crippen LogP contribution < -0.4 is 10.6 Å². The second kappa shape index (κ2) is 7.85. The van der Waals surface area contributed by atoms with Crippen LogP contribution in [0.15, 0.2) is 30.5 Å². The summed E-state index contributed by atoms with van der Waals surface area (Å²) in [5.41, 5.74) is 9.48. The Labute approximate surface area is 168 Å². The Morgan fingerprint density at radius 1 is 1.39 bits per heavy atom. The standard InChI is InChI=1S/C21H28N6O.2H2/c1-13(2)8-15-11-27(7-5-17(15)22)19-10-14(12-28)9-18(24-19)20-16-4-3-6-23-21(16)26-25-20;;/h3-4,6,9-10,13,15,17,28H,5,7-8,11-12,22H2,1-2H3,(H,23,25,26);2*1H. The number of hydrogen-bond donors (Lipinski definition) is 3. The zero-order chi connectivity index (χ0) is 19.7. The third-order valence-electron chi connectivity index (χ3n) is 5.53. The van der Waals surface area contributed by atoms with Gasteiger partial charge in [0, 0.05) is 33.6 Å². The summed E-state index contributed by atoms with van der Waals surface area (Å²) >= 11 is 0. The van der Waals surface area contributed by atoms with Gasteiger partial charge in [0.25, 0.3) is 0 Å². The third kappa shape index (κ3) is 3.72. The number of aromatic nitrogens is 4. The zero-order valence-corrected chi connectivity index (χ0v) is 16.5. The van der Waals surface area contributed by atoms with Crippen LogP contribution >= 0.6 is 0 Å². The molecule has 0 radical (unpaired) electrons. The van der Waals surface area contributed by atoms with Crippen LogP contribution in [0.25, 0.3) is 22.4 Å². The molecule has 1 aliphatic heterocycles. The van der Waals surface area contributed by atoms with E-state index in [2.05, 4.69) is 33.9 Å². The molecular weight excluding hydrogens is 352 g/mol. The zero-order valence-electron chi connectivity index (χ0n) is 16.5. The van der Waals surface area contributed by atoms with Gasteiger partial charge in [0.2, 0.25) is 0 Å². The van der Waals surface area contributed by atoms with Crippen LogP contribution in [-0.4, -0.2) is 44.4 Å². The molecule has 7 nitrogen and oxygen atoms in total. The van der Waals surface area contributed by atoms with Crippen molar-refractivity contribution in [2.75, 3.05) is 18.0 Å². The van der Waals surface area contributed by atoms with Gasteiger partial charge in [-0.05, 0) is 54.5 Å². The number of nitrogens with two attached hydrogens (primary N) is 1. The molecule has 3 aromatic rings. The molecule has 1 aliphatic rings. The van der Waals surface area contributed by atoms with Crippen LogP contribution in [0.2, 0.25) is 0 Å². The number of fused-ring (bicyclic) bond motifs is 1. The first-order valence-electron chi connectivity index (χ1n) is 9.97. The van der Waals surface area contributed by atoms with Crippen LogP contribution in [0.4, 0.5) is 5.82 Å². The maximum atomic E-state index is 9.80. The summed E-state index contributed by atoms with van der Waals surface area (Å²) < 4.78 is 0. The number of rotatable bonds is 5. The summed E-state index contributed by atoms with van der Waals surface area (Å²) in [7, 11) is 0. The molecule has 3 aromatic heterocycles. The predicted molar refractivity (Wildman–Crippen MR) is 115 cm³/mol. The fourth-order valence-corrected chi connectivity index (χ4v) is 4.11. The van der Waals surface area contributed by atoms with Crippen molar-refractivity contribution < 1.29 is 7.96 Å². The lowest BCUT2D eigenvalue weighted by Gasteiger charge is -2.38. The smallest absolute Gasteiger partial charge is 0.181 e. The minimum atomic E-state index is -0.0321. The van der Waals surface area contributed by atoms with Gasteiger partial charge in [-0.1, -0.05) is 13.8 Å². The van der Waals surface area contributed by atoms with Gasteiger partial charge < -0.3 is 15.7 Å². The van der Waals surface area contributed by atoms with Gasteiger partial charge in [0.1, 0.15) is 5.82 Å². The fourth-order valence-electron chi connectivity index (χ4n) is 4.11. The average molecular weight is 385 g/mol. The molecule has 0 aliphatic carbocycles. The molecule has 7 heteroatoms. The molecular formula is C21H32N6O. The molecule has 1 fully saturated rings. The molecule has 0 amide bonds. The summed E-state index contributed by atoms with van der Waals surface area (Å²) in [5.74, 6) is 1.95. The fraction of sp³-hybridized carbons (Fsp3) is 0.476. The molecule has 4 N–H and O–H groups in total. The van der Waals surface area contributed by atoms with Gasteiger partial charge in [-0.3, -0.25) is 5.10 Å². The lowest BCUT2D eigenvalue weighted by molar-refractivity contribution is 0.281. The number of aliphatic hydroxyl groups excluding tert-OH is 1. The SMILES string of the molecule is CC(C)CC1CN(c2cc(CO)cc(-c3[nH]nc4ncccc34)n2)CCC1N.[HH].[HH]. The second-order valence-corrected chi connectivity index (χ2v) is 8.14. The van der Waals surface area contributed by atoms with Crippen molar-refractivity contribution >= 4 is 16.9 Å². The van der Waals surface area contributed by atoms with Gasteiger partial charge in [0.05, 0.1) is 18.0 Å². The van der Waals surface area contributed by atoms with E-state index in [0.717, 1.165) is 54.1 Å². The normalized spacial score (nSPS) is 20.2. The number of aliphatic hydroxyl groups is 1. The van der Waals surface area contributed by atoms with Gasteiger partial charge >= 0.3 is 0 Å². The first-order valence-corrected chi connectivity index (χ1v) is 9.97. The first-order chi connectivity index (χ1) is 13.5. The monoisotopic (exact) mass is 384 g/mol. The molecule has 28 heavy (non-hydrogen) atoms. The van der Waals surface area contributed by atoms with Crippen molar-refractivity contribution in [3.63, 3.8) is 0 Å². The second-order valence-electron chi connectivity index (χ2n) is 8.14. The highest BCUT2D eigenvalue weighted by molar-refractivity contribution is 5.89. The van der Waals surface area contributed by atoms with E-state index in [1.165, 1.54) is 0 Å². The van der Waals surface area contributed by atoms with Gasteiger partial charge in [-0.15, -0.1) is 0 Å². The number of hydrogen-bond acceptors (Lipinski definition) is 6. The van der Waals surface area contributed by atoms with E-state index in [1.54, 1.807) is 6.20 Å². The lowest BCUT2D eigenvalue weighted by atomic mass is 9.86. The average Bonchev–Trinajstić information content (AvgIpc) is 3.13. The lowest BCUT2D eigenvalue weighted by Crippen LogP contribution is -2.47. The van der Waals surface area contributed by atoms with Gasteiger partial charge in [0.15, 0.2) is 5.65 Å². The van der Waals surface area contributed by atoms with Crippen molar-refractivity contribution in [2.24, 2.45) is 17.6 Å². The summed E-state index contributed by atoms with van der Waals surface area (Å²) in [6, 6.07) is 7.99. The first kappa shape index (κ1) is 18.8. The molecule has 4 rings (SSSR count). The van der Waals surface area contributed by atoms with Crippen LogP contribution in [0.3, 0.4) is 0 Å². The van der Waals surface area contributed by atoms with Gasteiger partial charge in [-0.25, -0.2) is 9.97 Å². The predicted octanol–water partition coefficient (Wildman–Crippen LogP) is 3.20. The Kier molecular flexibility index (Phi) is 5.28. The molecule has 4 heterocycles. The van der Waals surface area contributed by atoms with Crippen molar-refractivity contribution in [2.45, 2.75) is 39.3 Å². The highest BCUT2D eigenvalue weighted by Gasteiger charge is 2.28. The maximum absolute atomic E-state index is 9.80. The number of pyridine rings is 2. The van der Waals surface area contributed by atoms with E-state index in [4.69, 9.17) is 10.7 Å². The molecule has 152 valence electrons. The molecule has 2 atom stereocenters. The number of H-pyrrole nitrogens is 1. The van der Waals surface area contributed by atoms with Gasteiger partial charge in [-0.2, -0.15) is 5.10 Å². The van der Waals surface area contributed by atoms with Crippen molar-refractivity contribution in [3.05, 3.63) is 36.0 Å². The summed E-state index contributed by atoms with van der Waals surface area (Å²) in [5, 5.41) is 18.1. The summed E-state index contributed by atoms with van der Waals surface area (Å²) in [4.78, 5) is 11.5. The van der Waals surface area contributed by atoms with Crippen molar-refractivity contribution in [1.82, 2.24) is 20.2 Å². The van der Waals surface area contributed by atoms with E-state index in [-0.39, 0.29) is 15.5 Å². The molecule has 0 aromatic carbocycles. The van der Waals surface area contributed by atoms with Crippen LogP contribution in [0.5, 0.6) is 0 Å². The Hall–Kier alpha value is -2.51. The minimum absolute atomic E-state index is 0. The Bertz CT molecular complexity index is 964. The molecule has 1 saturated heterocycles. The van der Waals surface area contributed by atoms with E-state index in [9.17, 15) is 5.11 Å². The summed E-state index contributed by atoms with van der Waals surface area (Å²) in [6.07, 6.45) is 3.79. The number of nitrogens with one attached hydrogen (secondary N) is 1. The highest BCUT2D eigenvalue weighted by Crippen LogP contribution is 2.30. The topological polar surface area (TPSA) is 104 Å². The van der Waals surface area contributed by atoms with E-state index in [1.807, 2.05) is 24.3 Å². The molecule has 2 unspecified atom stereocenters. The largest absolute Gasteiger partial charge is 0.392 e. The Morgan fingerprint density at radius 3 is 3.04 bits per heavy atom. The van der Waals surface area contributed by atoms with E-state index < -0.39 is 0 Å². The Balaban J connectivity index is 0.00000160. The molecule has 0 spiro atoms. The van der Waals surface area contributed by atoms with Crippen molar-refractivity contribution in [1.29, 1.82) is 0 Å². The highest BCUT2D eigenvalue weighted by atomic mass is 16.3. The van der Waals surface area contributed by atoms with Crippen LogP contribution in [-0.2, 0) is 6.61 Å². The summed E-state index contributed by atoms with van der Waals surface area (Å²) in [6.45, 7) is 6.22. The number of aromatic amines is 1. The maximum Gasteiger partial charge on any atom is 0.181 e. The number of nitrogens with zero attached hydrogens (tertiary/aromatic N) is 4. The Morgan fingerprint density at radius 2 is 2.25 bits per heavy atom. The van der Waals surface area contributed by atoms with E-state index in [0.29, 0.717) is 17.5 Å². The third-order valence-corrected chi connectivity index (χ3v) is 5.53.